The molecule has 2 aromatic carbocycles. The number of benzene rings is 2. The van der Waals surface area contributed by atoms with Crippen molar-refractivity contribution < 1.29 is 4.74 Å². The van der Waals surface area contributed by atoms with E-state index in [0.717, 1.165) is 24.8 Å². The van der Waals surface area contributed by atoms with Crippen LogP contribution in [0.5, 0.6) is 5.75 Å². The minimum Gasteiger partial charge on any atom is -0.497 e. The Bertz CT molecular complexity index is 894. The first-order chi connectivity index (χ1) is 13.7. The summed E-state index contributed by atoms with van der Waals surface area (Å²) in [5, 5.41) is 7.78. The fourth-order valence-corrected chi connectivity index (χ4v) is 3.09. The van der Waals surface area contributed by atoms with E-state index in [2.05, 4.69) is 56.7 Å². The Balaban J connectivity index is 0.00000300. The van der Waals surface area contributed by atoms with Gasteiger partial charge in [-0.25, -0.2) is 0 Å². The smallest absolute Gasteiger partial charge is 0.193 e. The number of nitrogens with one attached hydrogen (secondary N) is 1. The van der Waals surface area contributed by atoms with Gasteiger partial charge < -0.3 is 15.0 Å². The van der Waals surface area contributed by atoms with Crippen LogP contribution in [0.1, 0.15) is 16.7 Å². The van der Waals surface area contributed by atoms with E-state index in [9.17, 15) is 0 Å². The van der Waals surface area contributed by atoms with Crippen LogP contribution < -0.4 is 10.1 Å². The average molecular weight is 505 g/mol. The van der Waals surface area contributed by atoms with Crippen LogP contribution in [0, 0.1) is 0 Å². The van der Waals surface area contributed by atoms with Gasteiger partial charge in [-0.3, -0.25) is 9.67 Å². The standard InChI is InChI=1S/C22H27N5O.HI/c1-23-22(26(2)16-18-9-11-21(28-3)12-10-18)24-15-19-7-4-5-8-20(19)17-27-14-6-13-25-27;/h4-14H,15-17H2,1-3H3,(H,23,24);1H. The molecule has 1 aromatic heterocycles. The predicted molar refractivity (Wildman–Crippen MR) is 128 cm³/mol. The van der Waals surface area contributed by atoms with Crippen molar-refractivity contribution in [2.24, 2.45) is 4.99 Å². The minimum absolute atomic E-state index is 0. The second-order valence-corrected chi connectivity index (χ2v) is 6.58. The zero-order chi connectivity index (χ0) is 19.8. The van der Waals surface area contributed by atoms with Crippen molar-refractivity contribution in [1.82, 2.24) is 20.0 Å². The van der Waals surface area contributed by atoms with Crippen LogP contribution >= 0.6 is 24.0 Å². The summed E-state index contributed by atoms with van der Waals surface area (Å²) in [6.45, 7) is 2.22. The van der Waals surface area contributed by atoms with Crippen molar-refractivity contribution in [2.75, 3.05) is 21.2 Å². The minimum atomic E-state index is 0. The molecule has 0 radical (unpaired) electrons. The highest BCUT2D eigenvalue weighted by molar-refractivity contribution is 14.0. The van der Waals surface area contributed by atoms with Gasteiger partial charge in [0, 0.05) is 39.6 Å². The van der Waals surface area contributed by atoms with E-state index in [1.165, 1.54) is 16.7 Å². The summed E-state index contributed by atoms with van der Waals surface area (Å²) < 4.78 is 7.16. The third kappa shape index (κ3) is 6.49. The third-order valence-corrected chi connectivity index (χ3v) is 4.60. The Kier molecular flexibility index (Phi) is 8.98. The molecule has 1 heterocycles. The maximum absolute atomic E-state index is 5.22. The van der Waals surface area contributed by atoms with Gasteiger partial charge in [0.1, 0.15) is 5.75 Å². The maximum atomic E-state index is 5.22. The molecule has 0 unspecified atom stereocenters. The molecule has 0 fully saturated rings. The Morgan fingerprint density at radius 3 is 2.45 bits per heavy atom. The van der Waals surface area contributed by atoms with Gasteiger partial charge in [-0.1, -0.05) is 36.4 Å². The number of hydrogen-bond acceptors (Lipinski definition) is 3. The summed E-state index contributed by atoms with van der Waals surface area (Å²) in [6.07, 6.45) is 3.78. The van der Waals surface area contributed by atoms with Crippen molar-refractivity contribution in [3.63, 3.8) is 0 Å². The van der Waals surface area contributed by atoms with Crippen molar-refractivity contribution in [1.29, 1.82) is 0 Å². The van der Waals surface area contributed by atoms with Gasteiger partial charge in [-0.15, -0.1) is 24.0 Å². The molecular formula is C22H28IN5O. The molecule has 1 N–H and O–H groups in total. The second-order valence-electron chi connectivity index (χ2n) is 6.58. The topological polar surface area (TPSA) is 54.7 Å². The van der Waals surface area contributed by atoms with E-state index in [1.54, 1.807) is 13.3 Å². The fraction of sp³-hybridized carbons (Fsp3) is 0.273. The van der Waals surface area contributed by atoms with Crippen molar-refractivity contribution in [2.45, 2.75) is 19.6 Å². The average Bonchev–Trinajstić information content (AvgIpc) is 3.23. The van der Waals surface area contributed by atoms with Crippen molar-refractivity contribution in [3.05, 3.63) is 83.7 Å². The Morgan fingerprint density at radius 2 is 1.83 bits per heavy atom. The van der Waals surface area contributed by atoms with E-state index < -0.39 is 0 Å². The van der Waals surface area contributed by atoms with E-state index >= 15 is 0 Å². The lowest BCUT2D eigenvalue weighted by atomic mass is 10.1. The molecule has 7 heteroatoms. The van der Waals surface area contributed by atoms with E-state index in [-0.39, 0.29) is 24.0 Å². The molecule has 6 nitrogen and oxygen atoms in total. The normalized spacial score (nSPS) is 10.9. The highest BCUT2D eigenvalue weighted by Gasteiger charge is 2.09. The Labute approximate surface area is 189 Å². The SMILES string of the molecule is CN=C(NCc1ccccc1Cn1cccn1)N(C)Cc1ccc(OC)cc1.I. The number of methoxy groups -OCH3 is 1. The molecule has 0 saturated heterocycles. The first-order valence-electron chi connectivity index (χ1n) is 9.28. The van der Waals surface area contributed by atoms with Crippen LogP contribution in [0.4, 0.5) is 0 Å². The van der Waals surface area contributed by atoms with Crippen molar-refractivity contribution >= 4 is 29.9 Å². The fourth-order valence-electron chi connectivity index (χ4n) is 3.09. The molecule has 154 valence electrons. The number of aromatic nitrogens is 2. The Morgan fingerprint density at radius 1 is 1.10 bits per heavy atom. The number of guanidine groups is 1. The van der Waals surface area contributed by atoms with E-state index in [4.69, 9.17) is 4.74 Å². The first kappa shape index (κ1) is 22.7. The van der Waals surface area contributed by atoms with Gasteiger partial charge in [0.15, 0.2) is 5.96 Å². The molecule has 0 aliphatic rings. The molecule has 29 heavy (non-hydrogen) atoms. The van der Waals surface area contributed by atoms with Gasteiger partial charge in [0.05, 0.1) is 13.7 Å². The van der Waals surface area contributed by atoms with Crippen LogP contribution in [0.2, 0.25) is 0 Å². The highest BCUT2D eigenvalue weighted by Crippen LogP contribution is 2.13. The number of ether oxygens (including phenoxy) is 1. The van der Waals surface area contributed by atoms with Gasteiger partial charge in [-0.05, 0) is 34.9 Å². The van der Waals surface area contributed by atoms with Crippen LogP contribution in [-0.2, 0) is 19.6 Å². The summed E-state index contributed by atoms with van der Waals surface area (Å²) in [6, 6.07) is 18.4. The maximum Gasteiger partial charge on any atom is 0.193 e. The molecule has 0 amide bonds. The molecule has 0 atom stereocenters. The monoisotopic (exact) mass is 505 g/mol. The van der Waals surface area contributed by atoms with Crippen LogP contribution in [0.25, 0.3) is 0 Å². The highest BCUT2D eigenvalue weighted by atomic mass is 127. The van der Waals surface area contributed by atoms with Gasteiger partial charge in [0.25, 0.3) is 0 Å². The first-order valence-corrected chi connectivity index (χ1v) is 9.28. The largest absolute Gasteiger partial charge is 0.497 e. The van der Waals surface area contributed by atoms with Gasteiger partial charge in [-0.2, -0.15) is 5.10 Å². The Hall–Kier alpha value is -2.55. The number of hydrogen-bond donors (Lipinski definition) is 1. The lowest BCUT2D eigenvalue weighted by Gasteiger charge is -2.23. The van der Waals surface area contributed by atoms with Crippen molar-refractivity contribution in [3.8, 4) is 5.75 Å². The lowest BCUT2D eigenvalue weighted by Crippen LogP contribution is -2.38. The van der Waals surface area contributed by atoms with Crippen LogP contribution in [0.15, 0.2) is 72.0 Å². The molecule has 3 aromatic rings. The molecule has 0 aliphatic heterocycles. The molecule has 3 rings (SSSR count). The summed E-state index contributed by atoms with van der Waals surface area (Å²) in [5.41, 5.74) is 3.68. The summed E-state index contributed by atoms with van der Waals surface area (Å²) in [7, 11) is 5.52. The number of rotatable bonds is 7. The number of aliphatic imine (C=N–C) groups is 1. The van der Waals surface area contributed by atoms with Gasteiger partial charge in [0.2, 0.25) is 0 Å². The third-order valence-electron chi connectivity index (χ3n) is 4.60. The lowest BCUT2D eigenvalue weighted by molar-refractivity contribution is 0.414. The number of halogens is 1. The van der Waals surface area contributed by atoms with Crippen LogP contribution in [-0.4, -0.2) is 41.8 Å². The summed E-state index contributed by atoms with van der Waals surface area (Å²) in [5.74, 6) is 1.72. The quantitative estimate of drug-likeness (QED) is 0.302. The zero-order valence-corrected chi connectivity index (χ0v) is 19.4. The van der Waals surface area contributed by atoms with Gasteiger partial charge >= 0.3 is 0 Å². The predicted octanol–water partition coefficient (Wildman–Crippen LogP) is 3.77. The van der Waals surface area contributed by atoms with Crippen LogP contribution in [0.3, 0.4) is 0 Å². The molecule has 0 spiro atoms. The summed E-state index contributed by atoms with van der Waals surface area (Å²) >= 11 is 0. The van der Waals surface area contributed by atoms with E-state index in [0.29, 0.717) is 6.54 Å². The molecular weight excluding hydrogens is 477 g/mol. The number of nitrogens with zero attached hydrogens (tertiary/aromatic N) is 4. The molecule has 0 aliphatic carbocycles. The second kappa shape index (κ2) is 11.5. The molecule has 0 saturated carbocycles. The zero-order valence-electron chi connectivity index (χ0n) is 17.1. The summed E-state index contributed by atoms with van der Waals surface area (Å²) in [4.78, 5) is 6.54. The van der Waals surface area contributed by atoms with E-state index in [1.807, 2.05) is 43.2 Å². The molecule has 0 bridgehead atoms.